The number of amides is 1. The standard InChI is InChI=1S/C50H98N2O5/c1-8-13-16-17-22-27-32-41-52(42-33-40-51(7)45(6)53)48(36-28-23-18-20-25-30-38-49(54)56-43-46(11-4)34-14-9-2)37-29-24-19-21-26-31-39-50(55)57-44-47(12-5)35-15-10-3/h46-48H,8-44H2,1-7H3. The zero-order chi connectivity index (χ0) is 42.2. The van der Waals surface area contributed by atoms with E-state index in [1.54, 1.807) is 6.92 Å². The smallest absolute Gasteiger partial charge is 0.305 e. The molecule has 2 unspecified atom stereocenters. The Morgan fingerprint density at radius 1 is 0.439 bits per heavy atom. The van der Waals surface area contributed by atoms with Gasteiger partial charge in [0.1, 0.15) is 0 Å². The molecule has 338 valence electrons. The van der Waals surface area contributed by atoms with Gasteiger partial charge in [-0.05, 0) is 69.7 Å². The Morgan fingerprint density at radius 2 is 0.825 bits per heavy atom. The fourth-order valence-corrected chi connectivity index (χ4v) is 8.00. The normalized spacial score (nSPS) is 13.1. The van der Waals surface area contributed by atoms with Crippen LogP contribution >= 0.6 is 0 Å². The second kappa shape index (κ2) is 41.1. The molecule has 0 heterocycles. The first kappa shape index (κ1) is 55.4. The lowest BCUT2D eigenvalue weighted by atomic mass is 9.97. The quantitative estimate of drug-likeness (QED) is 0.0451. The zero-order valence-corrected chi connectivity index (χ0v) is 39.3. The lowest BCUT2D eigenvalue weighted by molar-refractivity contribution is -0.146. The van der Waals surface area contributed by atoms with Crippen molar-refractivity contribution in [1.29, 1.82) is 0 Å². The van der Waals surface area contributed by atoms with Gasteiger partial charge in [-0.2, -0.15) is 0 Å². The highest BCUT2D eigenvalue weighted by atomic mass is 16.5. The molecule has 0 aromatic carbocycles. The SMILES string of the molecule is CCCCCCCCCN(CCCN(C)C(C)=O)C(CCCCCCCCC(=O)OCC(CC)CCCC)CCCCCCCCC(=O)OCC(CC)CCCC. The number of carbonyl (C=O) groups excluding carboxylic acids is 3. The van der Waals surface area contributed by atoms with Crippen molar-refractivity contribution in [3.8, 4) is 0 Å². The molecule has 0 aromatic heterocycles. The topological polar surface area (TPSA) is 76.2 Å². The summed E-state index contributed by atoms with van der Waals surface area (Å²) in [6.07, 6.45) is 37.3. The highest BCUT2D eigenvalue weighted by Crippen LogP contribution is 2.22. The van der Waals surface area contributed by atoms with Gasteiger partial charge in [0.15, 0.2) is 0 Å². The van der Waals surface area contributed by atoms with E-state index in [4.69, 9.17) is 9.47 Å². The molecule has 0 aliphatic rings. The van der Waals surface area contributed by atoms with Crippen LogP contribution in [0.15, 0.2) is 0 Å². The van der Waals surface area contributed by atoms with Crippen molar-refractivity contribution in [3.05, 3.63) is 0 Å². The molecule has 0 saturated heterocycles. The fraction of sp³-hybridized carbons (Fsp3) is 0.940. The van der Waals surface area contributed by atoms with Crippen molar-refractivity contribution in [2.24, 2.45) is 11.8 Å². The highest BCUT2D eigenvalue weighted by Gasteiger charge is 2.19. The first-order valence-electron chi connectivity index (χ1n) is 25.0. The van der Waals surface area contributed by atoms with Gasteiger partial charge in [0.25, 0.3) is 0 Å². The molecule has 7 heteroatoms. The number of hydrogen-bond donors (Lipinski definition) is 0. The van der Waals surface area contributed by atoms with Crippen molar-refractivity contribution in [3.63, 3.8) is 0 Å². The van der Waals surface area contributed by atoms with Gasteiger partial charge in [-0.1, -0.05) is 176 Å². The van der Waals surface area contributed by atoms with Gasteiger partial charge in [0, 0.05) is 45.9 Å². The minimum atomic E-state index is -0.0124. The predicted molar refractivity (Wildman–Crippen MR) is 244 cm³/mol. The van der Waals surface area contributed by atoms with Crippen LogP contribution in [0, 0.1) is 11.8 Å². The van der Waals surface area contributed by atoms with Gasteiger partial charge in [-0.25, -0.2) is 0 Å². The van der Waals surface area contributed by atoms with E-state index in [-0.39, 0.29) is 17.8 Å². The second-order valence-corrected chi connectivity index (χ2v) is 17.6. The minimum Gasteiger partial charge on any atom is -0.465 e. The van der Waals surface area contributed by atoms with Crippen molar-refractivity contribution in [2.45, 2.75) is 253 Å². The third-order valence-corrected chi connectivity index (χ3v) is 12.4. The van der Waals surface area contributed by atoms with Crippen LogP contribution in [0.1, 0.15) is 247 Å². The van der Waals surface area contributed by atoms with Crippen LogP contribution < -0.4 is 0 Å². The van der Waals surface area contributed by atoms with E-state index in [1.807, 2.05) is 11.9 Å². The Balaban J connectivity index is 4.90. The van der Waals surface area contributed by atoms with E-state index >= 15 is 0 Å². The molecule has 1 amide bonds. The Bertz CT molecular complexity index is 865. The highest BCUT2D eigenvalue weighted by molar-refractivity contribution is 5.72. The summed E-state index contributed by atoms with van der Waals surface area (Å²) >= 11 is 0. The van der Waals surface area contributed by atoms with Crippen LogP contribution in [0.2, 0.25) is 0 Å². The number of ether oxygens (including phenoxy) is 2. The molecular formula is C50H98N2O5. The van der Waals surface area contributed by atoms with Gasteiger partial charge < -0.3 is 19.3 Å². The van der Waals surface area contributed by atoms with Crippen LogP contribution in [0.4, 0.5) is 0 Å². The van der Waals surface area contributed by atoms with E-state index in [0.717, 1.165) is 70.9 Å². The lowest BCUT2D eigenvalue weighted by Gasteiger charge is -2.33. The summed E-state index contributed by atoms with van der Waals surface area (Å²) in [7, 11) is 1.93. The number of hydrogen-bond acceptors (Lipinski definition) is 6. The Labute approximate surface area is 355 Å². The van der Waals surface area contributed by atoms with E-state index in [9.17, 15) is 14.4 Å². The van der Waals surface area contributed by atoms with Crippen molar-refractivity contribution in [1.82, 2.24) is 9.80 Å². The number of rotatable bonds is 43. The molecule has 0 aliphatic carbocycles. The molecule has 0 radical (unpaired) electrons. The Kier molecular flexibility index (Phi) is 39.9. The maximum Gasteiger partial charge on any atom is 0.305 e. The maximum absolute atomic E-state index is 12.3. The van der Waals surface area contributed by atoms with Crippen LogP contribution in [0.3, 0.4) is 0 Å². The van der Waals surface area contributed by atoms with Crippen LogP contribution in [-0.2, 0) is 23.9 Å². The van der Waals surface area contributed by atoms with Crippen LogP contribution in [0.5, 0.6) is 0 Å². The minimum absolute atomic E-state index is 0.0124. The summed E-state index contributed by atoms with van der Waals surface area (Å²) in [5.74, 6) is 1.15. The summed E-state index contributed by atoms with van der Waals surface area (Å²) < 4.78 is 11.2. The summed E-state index contributed by atoms with van der Waals surface area (Å²) in [6.45, 7) is 17.0. The summed E-state index contributed by atoms with van der Waals surface area (Å²) in [6, 6.07) is 0.603. The number of carbonyl (C=O) groups is 3. The van der Waals surface area contributed by atoms with Crippen molar-refractivity contribution in [2.75, 3.05) is 39.9 Å². The Hall–Kier alpha value is -1.63. The average Bonchev–Trinajstić information content (AvgIpc) is 3.20. The van der Waals surface area contributed by atoms with Gasteiger partial charge in [0.05, 0.1) is 13.2 Å². The summed E-state index contributed by atoms with van der Waals surface area (Å²) in [4.78, 5) is 41.2. The monoisotopic (exact) mass is 807 g/mol. The third kappa shape index (κ3) is 34.9. The van der Waals surface area contributed by atoms with Crippen LogP contribution in [0.25, 0.3) is 0 Å². The van der Waals surface area contributed by atoms with Gasteiger partial charge in [0.2, 0.25) is 5.91 Å². The van der Waals surface area contributed by atoms with E-state index in [2.05, 4.69) is 39.5 Å². The molecule has 0 fully saturated rings. The second-order valence-electron chi connectivity index (χ2n) is 17.6. The molecule has 0 spiro atoms. The fourth-order valence-electron chi connectivity index (χ4n) is 8.00. The summed E-state index contributed by atoms with van der Waals surface area (Å²) in [5, 5.41) is 0. The lowest BCUT2D eigenvalue weighted by Crippen LogP contribution is -2.38. The largest absolute Gasteiger partial charge is 0.465 e. The molecule has 7 nitrogen and oxygen atoms in total. The third-order valence-electron chi connectivity index (χ3n) is 12.4. The van der Waals surface area contributed by atoms with Gasteiger partial charge in [-0.3, -0.25) is 14.4 Å². The van der Waals surface area contributed by atoms with Gasteiger partial charge in [-0.15, -0.1) is 0 Å². The summed E-state index contributed by atoms with van der Waals surface area (Å²) in [5.41, 5.74) is 0. The number of nitrogens with zero attached hydrogens (tertiary/aromatic N) is 2. The molecule has 0 aromatic rings. The zero-order valence-electron chi connectivity index (χ0n) is 39.3. The first-order chi connectivity index (χ1) is 27.7. The molecule has 57 heavy (non-hydrogen) atoms. The molecule has 0 saturated carbocycles. The van der Waals surface area contributed by atoms with E-state index in [1.165, 1.54) is 141 Å². The molecule has 0 N–H and O–H groups in total. The molecule has 0 rings (SSSR count). The van der Waals surface area contributed by atoms with Crippen molar-refractivity contribution < 1.29 is 23.9 Å². The average molecular weight is 807 g/mol. The molecular weight excluding hydrogens is 709 g/mol. The van der Waals surface area contributed by atoms with E-state index < -0.39 is 0 Å². The molecule has 0 aliphatic heterocycles. The maximum atomic E-state index is 12.3. The first-order valence-corrected chi connectivity index (χ1v) is 25.0. The molecule has 2 atom stereocenters. The Morgan fingerprint density at radius 3 is 1.25 bits per heavy atom. The van der Waals surface area contributed by atoms with Crippen molar-refractivity contribution >= 4 is 17.8 Å². The van der Waals surface area contributed by atoms with E-state index in [0.29, 0.717) is 43.9 Å². The van der Waals surface area contributed by atoms with Gasteiger partial charge >= 0.3 is 11.9 Å². The number of esters is 2. The number of unbranched alkanes of at least 4 members (excludes halogenated alkanes) is 18. The predicted octanol–water partition coefficient (Wildman–Crippen LogP) is 14.0. The molecule has 0 bridgehead atoms. The van der Waals surface area contributed by atoms with Crippen LogP contribution in [-0.4, -0.2) is 73.6 Å².